The molecule has 0 saturated heterocycles. The van der Waals surface area contributed by atoms with E-state index in [-0.39, 0.29) is 12.5 Å². The maximum absolute atomic E-state index is 12.2. The van der Waals surface area contributed by atoms with E-state index in [0.717, 1.165) is 18.4 Å². The predicted molar refractivity (Wildman–Crippen MR) is 67.2 cm³/mol. The molecular formula is C14H17NO3. The van der Waals surface area contributed by atoms with E-state index in [0.29, 0.717) is 0 Å². The van der Waals surface area contributed by atoms with E-state index < -0.39 is 17.3 Å². The summed E-state index contributed by atoms with van der Waals surface area (Å²) in [6, 6.07) is 9.66. The summed E-state index contributed by atoms with van der Waals surface area (Å²) < 4.78 is 0. The van der Waals surface area contributed by atoms with Crippen molar-refractivity contribution in [3.05, 3.63) is 35.9 Å². The number of rotatable bonds is 5. The highest BCUT2D eigenvalue weighted by Gasteiger charge is 2.51. The molecule has 1 aliphatic carbocycles. The number of carbonyl (C=O) groups is 2. The van der Waals surface area contributed by atoms with Crippen molar-refractivity contribution in [3.8, 4) is 0 Å². The van der Waals surface area contributed by atoms with Gasteiger partial charge < -0.3 is 10.4 Å². The standard InChI is InChI=1S/C14H17NO3/c1-10(12(16)17)9-15-13(18)14(7-8-14)11-5-3-2-4-6-11/h2-6,10H,7-9H2,1H3,(H,15,18)(H,16,17). The minimum absolute atomic E-state index is 0.0539. The number of carboxylic acids is 1. The van der Waals surface area contributed by atoms with Gasteiger partial charge in [-0.15, -0.1) is 0 Å². The van der Waals surface area contributed by atoms with Crippen LogP contribution in [0.3, 0.4) is 0 Å². The van der Waals surface area contributed by atoms with Crippen LogP contribution in [0, 0.1) is 5.92 Å². The van der Waals surface area contributed by atoms with Gasteiger partial charge in [0.15, 0.2) is 0 Å². The minimum atomic E-state index is -0.889. The number of benzene rings is 1. The molecule has 1 atom stereocenters. The van der Waals surface area contributed by atoms with Crippen LogP contribution in [0.15, 0.2) is 30.3 Å². The topological polar surface area (TPSA) is 66.4 Å². The first-order valence-electron chi connectivity index (χ1n) is 6.13. The van der Waals surface area contributed by atoms with E-state index in [9.17, 15) is 9.59 Å². The maximum atomic E-state index is 12.2. The summed E-state index contributed by atoms with van der Waals surface area (Å²) in [5, 5.41) is 11.5. The normalized spacial score (nSPS) is 17.8. The van der Waals surface area contributed by atoms with Gasteiger partial charge >= 0.3 is 5.97 Å². The second-order valence-corrected chi connectivity index (χ2v) is 4.90. The van der Waals surface area contributed by atoms with Crippen LogP contribution in [0.2, 0.25) is 0 Å². The van der Waals surface area contributed by atoms with E-state index in [1.807, 2.05) is 30.3 Å². The van der Waals surface area contributed by atoms with Gasteiger partial charge in [-0.05, 0) is 18.4 Å². The van der Waals surface area contributed by atoms with Crippen LogP contribution in [0.5, 0.6) is 0 Å². The Kier molecular flexibility index (Phi) is 3.36. The molecule has 0 spiro atoms. The van der Waals surface area contributed by atoms with E-state index in [2.05, 4.69) is 5.32 Å². The highest BCUT2D eigenvalue weighted by atomic mass is 16.4. The van der Waals surface area contributed by atoms with Gasteiger partial charge in [0.2, 0.25) is 5.91 Å². The number of aliphatic carboxylic acids is 1. The first kappa shape index (κ1) is 12.6. The van der Waals surface area contributed by atoms with E-state index >= 15 is 0 Å². The second-order valence-electron chi connectivity index (χ2n) is 4.90. The molecule has 0 bridgehead atoms. The van der Waals surface area contributed by atoms with Crippen molar-refractivity contribution in [1.82, 2.24) is 5.32 Å². The molecule has 0 aromatic heterocycles. The van der Waals surface area contributed by atoms with Crippen molar-refractivity contribution in [2.75, 3.05) is 6.54 Å². The maximum Gasteiger partial charge on any atom is 0.308 e. The summed E-state index contributed by atoms with van der Waals surface area (Å²) in [5.74, 6) is -1.50. The number of carboxylic acid groups (broad SMARTS) is 1. The van der Waals surface area contributed by atoms with Crippen LogP contribution in [-0.2, 0) is 15.0 Å². The number of hydrogen-bond donors (Lipinski definition) is 2. The Hall–Kier alpha value is -1.84. The lowest BCUT2D eigenvalue weighted by molar-refractivity contribution is -0.141. The summed E-state index contributed by atoms with van der Waals surface area (Å²) in [6.45, 7) is 1.77. The number of carbonyl (C=O) groups excluding carboxylic acids is 1. The van der Waals surface area contributed by atoms with Crippen LogP contribution in [0.4, 0.5) is 0 Å². The van der Waals surface area contributed by atoms with Crippen LogP contribution in [0.25, 0.3) is 0 Å². The molecule has 1 aromatic carbocycles. The van der Waals surface area contributed by atoms with E-state index in [4.69, 9.17) is 5.11 Å². The van der Waals surface area contributed by atoms with Crippen molar-refractivity contribution >= 4 is 11.9 Å². The van der Waals surface area contributed by atoms with Crippen LogP contribution < -0.4 is 5.32 Å². The third-order valence-electron chi connectivity index (χ3n) is 3.50. The fourth-order valence-electron chi connectivity index (χ4n) is 2.03. The number of amides is 1. The Balaban J connectivity index is 2.00. The van der Waals surface area contributed by atoms with Gasteiger partial charge in [0.05, 0.1) is 11.3 Å². The summed E-state index contributed by atoms with van der Waals surface area (Å²) in [4.78, 5) is 22.8. The summed E-state index contributed by atoms with van der Waals surface area (Å²) >= 11 is 0. The van der Waals surface area contributed by atoms with Crippen molar-refractivity contribution in [3.63, 3.8) is 0 Å². The van der Waals surface area contributed by atoms with Gasteiger partial charge in [-0.25, -0.2) is 0 Å². The SMILES string of the molecule is CC(CNC(=O)C1(c2ccccc2)CC1)C(=O)O. The van der Waals surface area contributed by atoms with Crippen LogP contribution >= 0.6 is 0 Å². The summed E-state index contributed by atoms with van der Waals surface area (Å²) in [6.07, 6.45) is 1.68. The molecule has 1 aromatic rings. The molecule has 0 heterocycles. The summed E-state index contributed by atoms with van der Waals surface area (Å²) in [5.41, 5.74) is 0.602. The Morgan fingerprint density at radius 2 is 1.94 bits per heavy atom. The molecule has 1 unspecified atom stereocenters. The lowest BCUT2D eigenvalue weighted by Crippen LogP contribution is -2.38. The molecule has 2 N–H and O–H groups in total. The lowest BCUT2D eigenvalue weighted by Gasteiger charge is -2.16. The molecule has 1 amide bonds. The highest BCUT2D eigenvalue weighted by molar-refractivity contribution is 5.91. The van der Waals surface area contributed by atoms with Crippen molar-refractivity contribution in [2.45, 2.75) is 25.2 Å². The Morgan fingerprint density at radius 1 is 1.33 bits per heavy atom. The monoisotopic (exact) mass is 247 g/mol. The first-order chi connectivity index (χ1) is 8.56. The molecule has 1 fully saturated rings. The summed E-state index contributed by atoms with van der Waals surface area (Å²) in [7, 11) is 0. The third kappa shape index (κ3) is 2.37. The lowest BCUT2D eigenvalue weighted by atomic mass is 9.95. The van der Waals surface area contributed by atoms with Gasteiger partial charge in [-0.1, -0.05) is 37.3 Å². The molecule has 18 heavy (non-hydrogen) atoms. The van der Waals surface area contributed by atoms with Gasteiger partial charge in [0.25, 0.3) is 0 Å². The molecule has 4 heteroatoms. The average Bonchev–Trinajstić information content (AvgIpc) is 3.18. The molecule has 2 rings (SSSR count). The zero-order valence-corrected chi connectivity index (χ0v) is 10.3. The third-order valence-corrected chi connectivity index (χ3v) is 3.50. The van der Waals surface area contributed by atoms with Crippen LogP contribution in [0.1, 0.15) is 25.3 Å². The number of nitrogens with one attached hydrogen (secondary N) is 1. The van der Waals surface area contributed by atoms with Crippen LogP contribution in [-0.4, -0.2) is 23.5 Å². The first-order valence-corrected chi connectivity index (χ1v) is 6.13. The smallest absolute Gasteiger partial charge is 0.308 e. The average molecular weight is 247 g/mol. The minimum Gasteiger partial charge on any atom is -0.481 e. The van der Waals surface area contributed by atoms with E-state index in [1.54, 1.807) is 6.92 Å². The number of hydrogen-bond acceptors (Lipinski definition) is 2. The molecule has 1 saturated carbocycles. The Morgan fingerprint density at radius 3 is 2.44 bits per heavy atom. The molecule has 1 aliphatic rings. The van der Waals surface area contributed by atoms with Gasteiger partial charge in [-0.2, -0.15) is 0 Å². The predicted octanol–water partition coefficient (Wildman–Crippen LogP) is 1.56. The molecule has 0 radical (unpaired) electrons. The highest BCUT2D eigenvalue weighted by Crippen LogP contribution is 2.48. The molecular weight excluding hydrogens is 230 g/mol. The fraction of sp³-hybridized carbons (Fsp3) is 0.429. The van der Waals surface area contributed by atoms with Crippen molar-refractivity contribution in [1.29, 1.82) is 0 Å². The van der Waals surface area contributed by atoms with Crippen molar-refractivity contribution < 1.29 is 14.7 Å². The zero-order valence-electron chi connectivity index (χ0n) is 10.3. The van der Waals surface area contributed by atoms with Gasteiger partial charge in [0.1, 0.15) is 0 Å². The van der Waals surface area contributed by atoms with Gasteiger partial charge in [0, 0.05) is 6.54 Å². The van der Waals surface area contributed by atoms with E-state index in [1.165, 1.54) is 0 Å². The Labute approximate surface area is 106 Å². The molecule has 0 aliphatic heterocycles. The fourth-order valence-corrected chi connectivity index (χ4v) is 2.03. The quantitative estimate of drug-likeness (QED) is 0.829. The Bertz CT molecular complexity index is 451. The zero-order chi connectivity index (χ0) is 13.2. The largest absolute Gasteiger partial charge is 0.481 e. The molecule has 4 nitrogen and oxygen atoms in total. The van der Waals surface area contributed by atoms with Crippen molar-refractivity contribution in [2.24, 2.45) is 5.92 Å². The molecule has 96 valence electrons. The second kappa shape index (κ2) is 4.80. The van der Waals surface area contributed by atoms with Gasteiger partial charge in [-0.3, -0.25) is 9.59 Å².